The van der Waals surface area contributed by atoms with Gasteiger partial charge in [-0.3, -0.25) is 0 Å². The number of hydrogen-bond acceptors (Lipinski definition) is 4. The second-order valence-corrected chi connectivity index (χ2v) is 4.86. The summed E-state index contributed by atoms with van der Waals surface area (Å²) >= 11 is 0. The van der Waals surface area contributed by atoms with Crippen LogP contribution in [-0.4, -0.2) is 33.1 Å². The molecule has 0 saturated carbocycles. The van der Waals surface area contributed by atoms with E-state index in [4.69, 9.17) is 4.74 Å². The maximum Gasteiger partial charge on any atom is 0.137 e. The van der Waals surface area contributed by atoms with Gasteiger partial charge in [-0.15, -0.1) is 10.2 Å². The number of benzene rings is 1. The maximum absolute atomic E-state index is 9.75. The molecular weight excluding hydrogens is 242 g/mol. The third-order valence-corrected chi connectivity index (χ3v) is 3.49. The fraction of sp³-hybridized carbons (Fsp3) is 0.429. The zero-order valence-electron chi connectivity index (χ0n) is 10.9. The summed E-state index contributed by atoms with van der Waals surface area (Å²) in [5, 5.41) is 18.2. The van der Waals surface area contributed by atoms with E-state index in [0.29, 0.717) is 13.0 Å². The van der Waals surface area contributed by atoms with E-state index in [2.05, 4.69) is 10.2 Å². The van der Waals surface area contributed by atoms with Gasteiger partial charge in [-0.2, -0.15) is 0 Å². The van der Waals surface area contributed by atoms with Crippen molar-refractivity contribution < 1.29 is 9.84 Å². The van der Waals surface area contributed by atoms with Gasteiger partial charge in [0.2, 0.25) is 0 Å². The molecule has 5 heteroatoms. The molecule has 0 amide bonds. The van der Waals surface area contributed by atoms with E-state index < -0.39 is 0 Å². The molecule has 1 atom stereocenters. The molecule has 2 heterocycles. The monoisotopic (exact) mass is 259 g/mol. The lowest BCUT2D eigenvalue weighted by Gasteiger charge is -2.20. The zero-order valence-corrected chi connectivity index (χ0v) is 10.9. The first-order valence-corrected chi connectivity index (χ1v) is 6.48. The van der Waals surface area contributed by atoms with Crippen LogP contribution in [0.3, 0.4) is 0 Å². The fourth-order valence-electron chi connectivity index (χ4n) is 2.46. The highest BCUT2D eigenvalue weighted by Gasteiger charge is 2.21. The number of rotatable bonds is 3. The van der Waals surface area contributed by atoms with Gasteiger partial charge in [0.05, 0.1) is 19.8 Å². The Hall–Kier alpha value is -1.88. The second-order valence-electron chi connectivity index (χ2n) is 4.86. The Morgan fingerprint density at radius 2 is 2.32 bits per heavy atom. The molecule has 1 aliphatic rings. The fourth-order valence-corrected chi connectivity index (χ4v) is 2.46. The van der Waals surface area contributed by atoms with Crippen LogP contribution in [0.15, 0.2) is 24.3 Å². The predicted molar refractivity (Wildman–Crippen MR) is 70.1 cm³/mol. The highest BCUT2D eigenvalue weighted by molar-refractivity contribution is 5.30. The molecule has 0 radical (unpaired) electrons. The molecule has 5 nitrogen and oxygen atoms in total. The van der Waals surface area contributed by atoms with Gasteiger partial charge in [0.1, 0.15) is 17.4 Å². The van der Waals surface area contributed by atoms with E-state index in [1.54, 1.807) is 7.11 Å². The van der Waals surface area contributed by atoms with Gasteiger partial charge in [-0.1, -0.05) is 12.1 Å². The molecule has 19 heavy (non-hydrogen) atoms. The average Bonchev–Trinajstić information content (AvgIpc) is 2.81. The van der Waals surface area contributed by atoms with Gasteiger partial charge >= 0.3 is 0 Å². The number of methoxy groups -OCH3 is 1. The van der Waals surface area contributed by atoms with Gasteiger partial charge in [-0.05, 0) is 24.1 Å². The quantitative estimate of drug-likeness (QED) is 0.899. The minimum absolute atomic E-state index is 0.285. The van der Waals surface area contributed by atoms with Crippen LogP contribution in [0.4, 0.5) is 0 Å². The lowest BCUT2D eigenvalue weighted by atomic mass is 10.1. The van der Waals surface area contributed by atoms with Crippen LogP contribution in [0.25, 0.3) is 0 Å². The van der Waals surface area contributed by atoms with Gasteiger partial charge in [0.25, 0.3) is 0 Å². The summed E-state index contributed by atoms with van der Waals surface area (Å²) in [6, 6.07) is 7.94. The summed E-state index contributed by atoms with van der Waals surface area (Å²) in [6.07, 6.45) is 1.99. The number of hydrogen-bond donors (Lipinski definition) is 1. The van der Waals surface area contributed by atoms with Gasteiger partial charge in [0, 0.05) is 12.8 Å². The molecule has 100 valence electrons. The molecule has 1 unspecified atom stereocenters. The summed E-state index contributed by atoms with van der Waals surface area (Å²) < 4.78 is 7.26. The lowest BCUT2D eigenvalue weighted by Crippen LogP contribution is -2.25. The Balaban J connectivity index is 1.85. The summed E-state index contributed by atoms with van der Waals surface area (Å²) in [5.74, 6) is 2.72. The molecule has 0 aliphatic carbocycles. The van der Waals surface area contributed by atoms with Crippen molar-refractivity contribution in [1.29, 1.82) is 0 Å². The van der Waals surface area contributed by atoms with Crippen molar-refractivity contribution in [3.8, 4) is 5.75 Å². The minimum Gasteiger partial charge on any atom is -0.497 e. The molecule has 1 aliphatic heterocycles. The van der Waals surface area contributed by atoms with Gasteiger partial charge in [-0.25, -0.2) is 0 Å². The van der Waals surface area contributed by atoms with E-state index in [0.717, 1.165) is 35.8 Å². The SMILES string of the molecule is COc1cccc(Cc2nnc3n2CC(O)CC3)c1. The van der Waals surface area contributed by atoms with Crippen molar-refractivity contribution in [3.63, 3.8) is 0 Å². The van der Waals surface area contributed by atoms with Crippen LogP contribution >= 0.6 is 0 Å². The Morgan fingerprint density at radius 1 is 1.42 bits per heavy atom. The predicted octanol–water partition coefficient (Wildman–Crippen LogP) is 1.18. The number of aliphatic hydroxyl groups is 1. The van der Waals surface area contributed by atoms with Gasteiger partial charge < -0.3 is 14.4 Å². The molecule has 0 fully saturated rings. The number of fused-ring (bicyclic) bond motifs is 1. The largest absolute Gasteiger partial charge is 0.497 e. The van der Waals surface area contributed by atoms with E-state index >= 15 is 0 Å². The summed E-state index contributed by atoms with van der Waals surface area (Å²) in [4.78, 5) is 0. The van der Waals surface area contributed by atoms with Crippen LogP contribution in [0.1, 0.15) is 23.6 Å². The molecular formula is C14H17N3O2. The van der Waals surface area contributed by atoms with Crippen LogP contribution in [-0.2, 0) is 19.4 Å². The standard InChI is InChI=1S/C14H17N3O2/c1-19-12-4-2-3-10(7-12)8-14-16-15-13-6-5-11(18)9-17(13)14/h2-4,7,11,18H,5-6,8-9H2,1H3. The Bertz CT molecular complexity index is 580. The number of nitrogens with zero attached hydrogens (tertiary/aromatic N) is 3. The smallest absolute Gasteiger partial charge is 0.137 e. The molecule has 1 aromatic heterocycles. The molecule has 0 saturated heterocycles. The summed E-state index contributed by atoms with van der Waals surface area (Å²) in [5.41, 5.74) is 1.13. The lowest BCUT2D eigenvalue weighted by molar-refractivity contribution is 0.129. The number of ether oxygens (including phenoxy) is 1. The molecule has 3 rings (SSSR count). The maximum atomic E-state index is 9.75. The molecule has 2 aromatic rings. The normalized spacial score (nSPS) is 18.1. The molecule has 0 spiro atoms. The van der Waals surface area contributed by atoms with Crippen LogP contribution in [0.5, 0.6) is 5.75 Å². The number of aromatic nitrogens is 3. The van der Waals surface area contributed by atoms with Crippen molar-refractivity contribution in [2.24, 2.45) is 0 Å². The van der Waals surface area contributed by atoms with Crippen molar-refractivity contribution in [1.82, 2.24) is 14.8 Å². The first kappa shape index (κ1) is 12.2. The number of aliphatic hydroxyl groups excluding tert-OH is 1. The summed E-state index contributed by atoms with van der Waals surface area (Å²) in [7, 11) is 1.66. The van der Waals surface area contributed by atoms with Crippen molar-refractivity contribution >= 4 is 0 Å². The molecule has 1 aromatic carbocycles. The van der Waals surface area contributed by atoms with E-state index in [-0.39, 0.29) is 6.10 Å². The Kier molecular flexibility index (Phi) is 3.21. The van der Waals surface area contributed by atoms with E-state index in [1.807, 2.05) is 28.8 Å². The highest BCUT2D eigenvalue weighted by atomic mass is 16.5. The Labute approximate surface area is 111 Å². The first-order valence-electron chi connectivity index (χ1n) is 6.48. The molecule has 0 bridgehead atoms. The summed E-state index contributed by atoms with van der Waals surface area (Å²) in [6.45, 7) is 0.599. The van der Waals surface area contributed by atoms with Crippen LogP contribution in [0.2, 0.25) is 0 Å². The van der Waals surface area contributed by atoms with Crippen molar-refractivity contribution in [2.75, 3.05) is 7.11 Å². The zero-order chi connectivity index (χ0) is 13.2. The first-order chi connectivity index (χ1) is 9.26. The van der Waals surface area contributed by atoms with E-state index in [1.165, 1.54) is 0 Å². The van der Waals surface area contributed by atoms with Gasteiger partial charge in [0.15, 0.2) is 0 Å². The second kappa shape index (κ2) is 5.01. The molecule has 1 N–H and O–H groups in total. The van der Waals surface area contributed by atoms with Crippen LogP contribution < -0.4 is 4.74 Å². The van der Waals surface area contributed by atoms with Crippen LogP contribution in [0, 0.1) is 0 Å². The third-order valence-electron chi connectivity index (χ3n) is 3.49. The topological polar surface area (TPSA) is 60.2 Å². The average molecular weight is 259 g/mol. The van der Waals surface area contributed by atoms with Crippen molar-refractivity contribution in [2.45, 2.75) is 31.9 Å². The highest BCUT2D eigenvalue weighted by Crippen LogP contribution is 2.19. The number of aryl methyl sites for hydroxylation is 1. The van der Waals surface area contributed by atoms with E-state index in [9.17, 15) is 5.11 Å². The minimum atomic E-state index is -0.285. The third kappa shape index (κ3) is 2.46. The Morgan fingerprint density at radius 3 is 3.16 bits per heavy atom. The van der Waals surface area contributed by atoms with Crippen molar-refractivity contribution in [3.05, 3.63) is 41.5 Å².